The number of halogens is 1. The SMILES string of the molecule is COc1ccc2c(CSc3nnc(-c4ccccc4Cl)n3C)cc(=O)oc2c1. The van der Waals surface area contributed by atoms with Crippen LogP contribution in [0.15, 0.2) is 62.9 Å². The lowest BCUT2D eigenvalue weighted by atomic mass is 10.1. The third-order valence-corrected chi connectivity index (χ3v) is 5.74. The second kappa shape index (κ2) is 7.69. The summed E-state index contributed by atoms with van der Waals surface area (Å²) in [6.07, 6.45) is 0. The fourth-order valence-electron chi connectivity index (χ4n) is 2.92. The molecule has 8 heteroatoms. The van der Waals surface area contributed by atoms with Crippen LogP contribution in [0.4, 0.5) is 0 Å². The van der Waals surface area contributed by atoms with E-state index in [1.165, 1.54) is 17.8 Å². The highest BCUT2D eigenvalue weighted by atomic mass is 35.5. The van der Waals surface area contributed by atoms with Crippen LogP contribution in [-0.2, 0) is 12.8 Å². The number of aromatic nitrogens is 3. The first-order valence-corrected chi connectivity index (χ1v) is 9.81. The second-order valence-electron chi connectivity index (χ2n) is 6.09. The van der Waals surface area contributed by atoms with Crippen molar-refractivity contribution in [1.82, 2.24) is 14.8 Å². The van der Waals surface area contributed by atoms with Crippen molar-refractivity contribution >= 4 is 34.3 Å². The number of fused-ring (bicyclic) bond motifs is 1. The molecule has 0 amide bonds. The van der Waals surface area contributed by atoms with E-state index in [9.17, 15) is 4.79 Å². The molecule has 142 valence electrons. The van der Waals surface area contributed by atoms with Gasteiger partial charge in [0.15, 0.2) is 11.0 Å². The fourth-order valence-corrected chi connectivity index (χ4v) is 4.04. The minimum absolute atomic E-state index is 0.397. The summed E-state index contributed by atoms with van der Waals surface area (Å²) in [5.41, 5.74) is 1.79. The van der Waals surface area contributed by atoms with Crippen LogP contribution in [0.3, 0.4) is 0 Å². The molecule has 6 nitrogen and oxygen atoms in total. The Morgan fingerprint density at radius 1 is 1.18 bits per heavy atom. The lowest BCUT2D eigenvalue weighted by Crippen LogP contribution is -2.01. The zero-order chi connectivity index (χ0) is 19.7. The summed E-state index contributed by atoms with van der Waals surface area (Å²) in [7, 11) is 3.47. The zero-order valence-electron chi connectivity index (χ0n) is 15.2. The summed E-state index contributed by atoms with van der Waals surface area (Å²) in [6.45, 7) is 0. The Bertz CT molecular complexity index is 1220. The van der Waals surface area contributed by atoms with Gasteiger partial charge in [-0.3, -0.25) is 0 Å². The van der Waals surface area contributed by atoms with Gasteiger partial charge in [0.25, 0.3) is 0 Å². The number of hydrogen-bond acceptors (Lipinski definition) is 6. The highest BCUT2D eigenvalue weighted by Crippen LogP contribution is 2.31. The van der Waals surface area contributed by atoms with Crippen LogP contribution < -0.4 is 10.4 Å². The Hall–Kier alpha value is -2.77. The number of ether oxygens (including phenoxy) is 1. The molecule has 0 bridgehead atoms. The normalized spacial score (nSPS) is 11.1. The summed E-state index contributed by atoms with van der Waals surface area (Å²) in [4.78, 5) is 11.9. The van der Waals surface area contributed by atoms with Crippen molar-refractivity contribution in [2.75, 3.05) is 7.11 Å². The van der Waals surface area contributed by atoms with E-state index in [0.717, 1.165) is 21.7 Å². The van der Waals surface area contributed by atoms with Gasteiger partial charge in [0.1, 0.15) is 11.3 Å². The standard InChI is InChI=1S/C20H16ClN3O3S/c1-24-19(15-5-3-4-6-16(15)21)22-23-20(24)28-11-12-9-18(25)27-17-10-13(26-2)7-8-14(12)17/h3-10H,11H2,1-2H3. The third kappa shape index (κ3) is 3.50. The smallest absolute Gasteiger partial charge is 0.336 e. The number of hydrogen-bond donors (Lipinski definition) is 0. The highest BCUT2D eigenvalue weighted by Gasteiger charge is 2.15. The summed E-state index contributed by atoms with van der Waals surface area (Å²) in [5, 5.41) is 10.8. The molecule has 0 fully saturated rings. The molecular weight excluding hydrogens is 398 g/mol. The van der Waals surface area contributed by atoms with Crippen LogP contribution in [0, 0.1) is 0 Å². The molecule has 0 saturated carbocycles. The van der Waals surface area contributed by atoms with Gasteiger partial charge in [-0.15, -0.1) is 10.2 Å². The number of benzene rings is 2. The first-order valence-electron chi connectivity index (χ1n) is 8.44. The van der Waals surface area contributed by atoms with Crippen molar-refractivity contribution in [3.05, 3.63) is 69.5 Å². The topological polar surface area (TPSA) is 70.2 Å². The number of methoxy groups -OCH3 is 1. The van der Waals surface area contributed by atoms with Gasteiger partial charge in [-0.2, -0.15) is 0 Å². The lowest BCUT2D eigenvalue weighted by molar-refractivity contribution is 0.414. The van der Waals surface area contributed by atoms with Crippen LogP contribution in [0.1, 0.15) is 5.56 Å². The third-order valence-electron chi connectivity index (χ3n) is 4.34. The Morgan fingerprint density at radius 2 is 2.00 bits per heavy atom. The first kappa shape index (κ1) is 18.6. The summed E-state index contributed by atoms with van der Waals surface area (Å²) >= 11 is 7.77. The van der Waals surface area contributed by atoms with E-state index in [-0.39, 0.29) is 0 Å². The van der Waals surface area contributed by atoms with E-state index in [2.05, 4.69) is 10.2 Å². The molecular formula is C20H16ClN3O3S. The monoisotopic (exact) mass is 413 g/mol. The van der Waals surface area contributed by atoms with Crippen molar-refractivity contribution in [2.45, 2.75) is 10.9 Å². The van der Waals surface area contributed by atoms with Crippen molar-refractivity contribution in [3.8, 4) is 17.1 Å². The average molecular weight is 414 g/mol. The van der Waals surface area contributed by atoms with Gasteiger partial charge in [0.2, 0.25) is 0 Å². The molecule has 28 heavy (non-hydrogen) atoms. The van der Waals surface area contributed by atoms with Crippen molar-refractivity contribution in [3.63, 3.8) is 0 Å². The van der Waals surface area contributed by atoms with Crippen molar-refractivity contribution in [2.24, 2.45) is 7.05 Å². The lowest BCUT2D eigenvalue weighted by Gasteiger charge is -2.07. The molecule has 0 aliphatic carbocycles. The number of nitrogens with zero attached hydrogens (tertiary/aromatic N) is 3. The molecule has 2 heterocycles. The molecule has 4 rings (SSSR count). The Balaban J connectivity index is 1.64. The molecule has 0 N–H and O–H groups in total. The highest BCUT2D eigenvalue weighted by molar-refractivity contribution is 7.98. The number of rotatable bonds is 5. The molecule has 2 aromatic heterocycles. The molecule has 0 unspecified atom stereocenters. The van der Waals surface area contributed by atoms with Gasteiger partial charge < -0.3 is 13.7 Å². The van der Waals surface area contributed by atoms with Crippen LogP contribution in [0.5, 0.6) is 5.75 Å². The molecule has 0 radical (unpaired) electrons. The Morgan fingerprint density at radius 3 is 2.79 bits per heavy atom. The second-order valence-corrected chi connectivity index (χ2v) is 7.44. The molecule has 0 saturated heterocycles. The molecule has 0 atom stereocenters. The first-order chi connectivity index (χ1) is 13.6. The van der Waals surface area contributed by atoms with Crippen molar-refractivity contribution in [1.29, 1.82) is 0 Å². The van der Waals surface area contributed by atoms with Gasteiger partial charge in [-0.1, -0.05) is 35.5 Å². The van der Waals surface area contributed by atoms with E-state index in [0.29, 0.717) is 27.9 Å². The summed E-state index contributed by atoms with van der Waals surface area (Å²) in [6, 6.07) is 14.5. The maximum Gasteiger partial charge on any atom is 0.336 e. The quantitative estimate of drug-likeness (QED) is 0.353. The van der Waals surface area contributed by atoms with E-state index in [1.54, 1.807) is 13.2 Å². The Labute approximate surface area is 170 Å². The summed E-state index contributed by atoms with van der Waals surface area (Å²) in [5.74, 6) is 1.87. The van der Waals surface area contributed by atoms with E-state index in [1.807, 2.05) is 48.0 Å². The Kier molecular flexibility index (Phi) is 5.11. The van der Waals surface area contributed by atoms with E-state index >= 15 is 0 Å². The maximum atomic E-state index is 11.9. The molecule has 0 aliphatic heterocycles. The van der Waals surface area contributed by atoms with Crippen LogP contribution in [0.2, 0.25) is 5.02 Å². The van der Waals surface area contributed by atoms with Gasteiger partial charge in [-0.05, 0) is 29.8 Å². The average Bonchev–Trinajstić information content (AvgIpc) is 3.06. The molecule has 4 aromatic rings. The molecule has 2 aromatic carbocycles. The van der Waals surface area contributed by atoms with Gasteiger partial charge in [-0.25, -0.2) is 4.79 Å². The fraction of sp³-hybridized carbons (Fsp3) is 0.150. The van der Waals surface area contributed by atoms with Crippen molar-refractivity contribution < 1.29 is 9.15 Å². The predicted molar refractivity (Wildman–Crippen MR) is 110 cm³/mol. The van der Waals surface area contributed by atoms with Gasteiger partial charge >= 0.3 is 5.63 Å². The van der Waals surface area contributed by atoms with Crippen LogP contribution >= 0.6 is 23.4 Å². The minimum Gasteiger partial charge on any atom is -0.497 e. The molecule has 0 spiro atoms. The minimum atomic E-state index is -0.397. The zero-order valence-corrected chi connectivity index (χ0v) is 16.8. The van der Waals surface area contributed by atoms with Gasteiger partial charge in [0, 0.05) is 35.9 Å². The predicted octanol–water partition coefficient (Wildman–Crippen LogP) is 4.54. The van der Waals surface area contributed by atoms with E-state index in [4.69, 9.17) is 20.8 Å². The van der Waals surface area contributed by atoms with Gasteiger partial charge in [0.05, 0.1) is 12.1 Å². The van der Waals surface area contributed by atoms with E-state index < -0.39 is 5.63 Å². The number of thioether (sulfide) groups is 1. The van der Waals surface area contributed by atoms with Crippen LogP contribution in [0.25, 0.3) is 22.4 Å². The summed E-state index contributed by atoms with van der Waals surface area (Å²) < 4.78 is 12.4. The largest absolute Gasteiger partial charge is 0.497 e. The molecule has 0 aliphatic rings. The van der Waals surface area contributed by atoms with Crippen LogP contribution in [-0.4, -0.2) is 21.9 Å². The maximum absolute atomic E-state index is 11.9.